The SMILES string of the molecule is CCCNC(=O)N(c1ccc(F)cc1)C1CCN(C2CCN(C(=O)OCC)CC2)CC1. The second kappa shape index (κ2) is 11.3. The van der Waals surface area contributed by atoms with Crippen LogP contribution in [0.25, 0.3) is 0 Å². The standard InChI is InChI=1S/C23H35FN4O3/c1-3-13-25-22(29)28(20-7-5-18(24)6-8-20)21-11-14-26(15-12-21)19-9-16-27(17-10-19)23(30)31-4-2/h5-8,19,21H,3-4,9-17H2,1-2H3,(H,25,29). The molecule has 8 heteroatoms. The molecular formula is C23H35FN4O3. The van der Waals surface area contributed by atoms with Crippen LogP contribution in [0.2, 0.25) is 0 Å². The van der Waals surface area contributed by atoms with E-state index in [4.69, 9.17) is 4.74 Å². The van der Waals surface area contributed by atoms with Crippen LogP contribution in [0.4, 0.5) is 19.7 Å². The maximum Gasteiger partial charge on any atom is 0.409 e. The highest BCUT2D eigenvalue weighted by atomic mass is 19.1. The number of ether oxygens (including phenoxy) is 1. The Morgan fingerprint density at radius 3 is 2.29 bits per heavy atom. The minimum atomic E-state index is -0.304. The van der Waals surface area contributed by atoms with E-state index in [2.05, 4.69) is 10.2 Å². The van der Waals surface area contributed by atoms with Crippen LogP contribution >= 0.6 is 0 Å². The molecule has 0 aromatic heterocycles. The molecule has 2 fully saturated rings. The molecule has 1 aromatic carbocycles. The lowest BCUT2D eigenvalue weighted by Crippen LogP contribution is -2.54. The highest BCUT2D eigenvalue weighted by Crippen LogP contribution is 2.27. The molecular weight excluding hydrogens is 399 g/mol. The van der Waals surface area contributed by atoms with Gasteiger partial charge >= 0.3 is 12.1 Å². The number of hydrogen-bond acceptors (Lipinski definition) is 4. The largest absolute Gasteiger partial charge is 0.450 e. The summed E-state index contributed by atoms with van der Waals surface area (Å²) in [4.78, 5) is 30.9. The van der Waals surface area contributed by atoms with Gasteiger partial charge in [0, 0.05) is 50.5 Å². The number of likely N-dealkylation sites (tertiary alicyclic amines) is 2. The smallest absolute Gasteiger partial charge is 0.409 e. The number of anilines is 1. The number of carbonyl (C=O) groups is 2. The van der Waals surface area contributed by atoms with Crippen LogP contribution in [-0.4, -0.2) is 73.3 Å². The average molecular weight is 435 g/mol. The molecule has 1 N–H and O–H groups in total. The van der Waals surface area contributed by atoms with E-state index in [1.54, 1.807) is 21.9 Å². The molecule has 7 nitrogen and oxygen atoms in total. The van der Waals surface area contributed by atoms with Gasteiger partial charge < -0.3 is 19.9 Å². The van der Waals surface area contributed by atoms with Gasteiger partial charge in [-0.3, -0.25) is 4.90 Å². The van der Waals surface area contributed by atoms with Crippen LogP contribution in [0, 0.1) is 5.82 Å². The number of hydrogen-bond donors (Lipinski definition) is 1. The average Bonchev–Trinajstić information content (AvgIpc) is 2.80. The van der Waals surface area contributed by atoms with Crippen LogP contribution < -0.4 is 10.2 Å². The number of nitrogens with one attached hydrogen (secondary N) is 1. The first-order chi connectivity index (χ1) is 15.0. The van der Waals surface area contributed by atoms with Crippen LogP contribution in [0.1, 0.15) is 46.0 Å². The van der Waals surface area contributed by atoms with Gasteiger partial charge in [0.2, 0.25) is 0 Å². The van der Waals surface area contributed by atoms with Gasteiger partial charge in [-0.1, -0.05) is 6.92 Å². The third-order valence-corrected chi connectivity index (χ3v) is 6.22. The maximum atomic E-state index is 13.4. The highest BCUT2D eigenvalue weighted by Gasteiger charge is 2.33. The van der Waals surface area contributed by atoms with E-state index in [-0.39, 0.29) is 24.0 Å². The van der Waals surface area contributed by atoms with Gasteiger partial charge in [0.15, 0.2) is 0 Å². The number of piperidine rings is 2. The van der Waals surface area contributed by atoms with Gasteiger partial charge in [0.1, 0.15) is 5.82 Å². The fourth-order valence-electron chi connectivity index (χ4n) is 4.55. The molecule has 1 aromatic rings. The molecule has 172 valence electrons. The quantitative estimate of drug-likeness (QED) is 0.739. The van der Waals surface area contributed by atoms with Crippen molar-refractivity contribution in [3.63, 3.8) is 0 Å². The Morgan fingerprint density at radius 1 is 1.06 bits per heavy atom. The Kier molecular flexibility index (Phi) is 8.51. The number of rotatable bonds is 6. The number of amides is 3. The molecule has 2 aliphatic rings. The Labute approximate surface area is 184 Å². The van der Waals surface area contributed by atoms with Gasteiger partial charge in [-0.25, -0.2) is 14.0 Å². The van der Waals surface area contributed by atoms with Crippen molar-refractivity contribution in [3.05, 3.63) is 30.1 Å². The molecule has 2 heterocycles. The van der Waals surface area contributed by atoms with E-state index in [9.17, 15) is 14.0 Å². The second-order valence-corrected chi connectivity index (χ2v) is 8.26. The second-order valence-electron chi connectivity index (χ2n) is 8.26. The molecule has 2 saturated heterocycles. The van der Waals surface area contributed by atoms with E-state index < -0.39 is 0 Å². The number of nitrogens with zero attached hydrogens (tertiary/aromatic N) is 3. The molecule has 0 bridgehead atoms. The zero-order valence-electron chi connectivity index (χ0n) is 18.7. The van der Waals surface area contributed by atoms with Gasteiger partial charge in [0.25, 0.3) is 0 Å². The lowest BCUT2D eigenvalue weighted by atomic mass is 9.97. The minimum Gasteiger partial charge on any atom is -0.450 e. The molecule has 0 saturated carbocycles. The molecule has 3 amide bonds. The fourth-order valence-corrected chi connectivity index (χ4v) is 4.55. The lowest BCUT2D eigenvalue weighted by Gasteiger charge is -2.43. The van der Waals surface area contributed by atoms with Crippen LogP contribution in [0.5, 0.6) is 0 Å². The number of benzene rings is 1. The summed E-state index contributed by atoms with van der Waals surface area (Å²) >= 11 is 0. The van der Waals surface area contributed by atoms with Crippen molar-refractivity contribution in [2.45, 2.75) is 58.0 Å². The minimum absolute atomic E-state index is 0.0817. The van der Waals surface area contributed by atoms with Crippen molar-refractivity contribution >= 4 is 17.8 Å². The summed E-state index contributed by atoms with van der Waals surface area (Å²) in [7, 11) is 0. The maximum absolute atomic E-state index is 13.4. The van der Waals surface area contributed by atoms with E-state index in [0.717, 1.165) is 64.0 Å². The van der Waals surface area contributed by atoms with Gasteiger partial charge in [-0.15, -0.1) is 0 Å². The van der Waals surface area contributed by atoms with Gasteiger partial charge in [0.05, 0.1) is 6.61 Å². The molecule has 3 rings (SSSR count). The summed E-state index contributed by atoms with van der Waals surface area (Å²) in [6.07, 6.45) is 4.29. The third kappa shape index (κ3) is 6.09. The monoisotopic (exact) mass is 434 g/mol. The van der Waals surface area contributed by atoms with Crippen molar-refractivity contribution in [2.75, 3.05) is 44.2 Å². The lowest BCUT2D eigenvalue weighted by molar-refractivity contribution is 0.0664. The number of halogens is 1. The molecule has 0 aliphatic carbocycles. The highest BCUT2D eigenvalue weighted by molar-refractivity contribution is 5.92. The summed E-state index contributed by atoms with van der Waals surface area (Å²) < 4.78 is 18.5. The number of urea groups is 1. The summed E-state index contributed by atoms with van der Waals surface area (Å²) in [5, 5.41) is 2.97. The third-order valence-electron chi connectivity index (χ3n) is 6.22. The molecule has 0 atom stereocenters. The van der Waals surface area contributed by atoms with Crippen molar-refractivity contribution in [1.82, 2.24) is 15.1 Å². The van der Waals surface area contributed by atoms with Gasteiger partial charge in [-0.05, 0) is 63.3 Å². The first kappa shape index (κ1) is 23.3. The normalized spacial score (nSPS) is 18.6. The number of carbonyl (C=O) groups excluding carboxylic acids is 2. The van der Waals surface area contributed by atoms with Gasteiger partial charge in [-0.2, -0.15) is 0 Å². The molecule has 0 spiro atoms. The summed E-state index contributed by atoms with van der Waals surface area (Å²) in [5.41, 5.74) is 0.733. The van der Waals surface area contributed by atoms with Crippen LogP contribution in [-0.2, 0) is 4.74 Å². The molecule has 2 aliphatic heterocycles. The summed E-state index contributed by atoms with van der Waals surface area (Å²) in [6.45, 7) is 8.15. The summed E-state index contributed by atoms with van der Waals surface area (Å²) in [6, 6.07) is 6.59. The van der Waals surface area contributed by atoms with Crippen molar-refractivity contribution < 1.29 is 18.7 Å². The van der Waals surface area contributed by atoms with Crippen molar-refractivity contribution in [2.24, 2.45) is 0 Å². The van der Waals surface area contributed by atoms with Crippen molar-refractivity contribution in [1.29, 1.82) is 0 Å². The van der Waals surface area contributed by atoms with Crippen molar-refractivity contribution in [3.8, 4) is 0 Å². The van der Waals surface area contributed by atoms with Crippen LogP contribution in [0.3, 0.4) is 0 Å². The fraction of sp³-hybridized carbons (Fsp3) is 0.652. The Morgan fingerprint density at radius 2 is 1.71 bits per heavy atom. The topological polar surface area (TPSA) is 65.1 Å². The predicted molar refractivity (Wildman–Crippen MR) is 119 cm³/mol. The zero-order valence-corrected chi connectivity index (χ0v) is 18.7. The van der Waals surface area contributed by atoms with E-state index in [1.807, 2.05) is 13.8 Å². The van der Waals surface area contributed by atoms with E-state index in [1.165, 1.54) is 12.1 Å². The van der Waals surface area contributed by atoms with E-state index >= 15 is 0 Å². The Bertz CT molecular complexity index is 714. The summed E-state index contributed by atoms with van der Waals surface area (Å²) in [5.74, 6) is -0.304. The molecule has 0 radical (unpaired) electrons. The van der Waals surface area contributed by atoms with Crippen LogP contribution in [0.15, 0.2) is 24.3 Å². The Hall–Kier alpha value is -2.35. The Balaban J connectivity index is 1.57. The molecule has 0 unspecified atom stereocenters. The first-order valence-electron chi connectivity index (χ1n) is 11.5. The zero-order chi connectivity index (χ0) is 22.2. The first-order valence-corrected chi connectivity index (χ1v) is 11.5. The van der Waals surface area contributed by atoms with E-state index in [0.29, 0.717) is 19.2 Å². The molecule has 31 heavy (non-hydrogen) atoms. The predicted octanol–water partition coefficient (Wildman–Crippen LogP) is 3.84.